The van der Waals surface area contributed by atoms with Crippen molar-refractivity contribution in [3.8, 4) is 0 Å². The molecular formula is C8H17F9O2Si4. The molecule has 0 saturated carbocycles. The highest BCUT2D eigenvalue weighted by molar-refractivity contribution is 7.20. The normalized spacial score (nSPS) is 19.8. The lowest BCUT2D eigenvalue weighted by Crippen LogP contribution is -2.66. The van der Waals surface area contributed by atoms with Gasteiger partial charge in [-0.05, 0) is 6.55 Å². The fourth-order valence-electron chi connectivity index (χ4n) is 1.71. The highest BCUT2D eigenvalue weighted by atomic mass is 29.2. The molecule has 0 aromatic heterocycles. The van der Waals surface area contributed by atoms with E-state index in [1.54, 1.807) is 6.55 Å². The number of hydrogen-bond donors (Lipinski definition) is 0. The van der Waals surface area contributed by atoms with Crippen LogP contribution >= 0.6 is 0 Å². The second-order valence-corrected chi connectivity index (χ2v) is 17.8. The Morgan fingerprint density at radius 2 is 1.39 bits per heavy atom. The molecule has 140 valence electrons. The predicted molar refractivity (Wildman–Crippen MR) is 77.0 cm³/mol. The highest BCUT2D eigenvalue weighted by Gasteiger charge is 2.83. The van der Waals surface area contributed by atoms with Gasteiger partial charge in [-0.1, -0.05) is 13.5 Å². The summed E-state index contributed by atoms with van der Waals surface area (Å²) in [5.41, 5.74) is -2.46. The summed E-state index contributed by atoms with van der Waals surface area (Å²) in [7, 11) is -6.72. The summed E-state index contributed by atoms with van der Waals surface area (Å²) in [4.78, 5) is 0. The van der Waals surface area contributed by atoms with E-state index in [-0.39, 0.29) is 10.5 Å². The third-order valence-electron chi connectivity index (χ3n) is 3.69. The Bertz CT molecular complexity index is 406. The molecule has 0 spiro atoms. The van der Waals surface area contributed by atoms with Gasteiger partial charge < -0.3 is 8.23 Å². The van der Waals surface area contributed by atoms with Gasteiger partial charge in [0.25, 0.3) is 0 Å². The predicted octanol–water partition coefficient (Wildman–Crippen LogP) is 1.45. The molecular weight excluding hydrogens is 411 g/mol. The van der Waals surface area contributed by atoms with Crippen molar-refractivity contribution in [1.29, 1.82) is 0 Å². The van der Waals surface area contributed by atoms with E-state index in [1.165, 1.54) is 0 Å². The molecule has 0 aliphatic heterocycles. The van der Waals surface area contributed by atoms with Gasteiger partial charge in [-0.2, -0.15) is 39.5 Å². The van der Waals surface area contributed by atoms with E-state index in [0.29, 0.717) is 6.92 Å². The quantitative estimate of drug-likeness (QED) is 0.430. The summed E-state index contributed by atoms with van der Waals surface area (Å²) in [5.74, 6) is -19.0. The zero-order chi connectivity index (χ0) is 18.9. The number of rotatable bonds is 8. The molecule has 0 rings (SSSR count). The first-order chi connectivity index (χ1) is 10.0. The first kappa shape index (κ1) is 23.2. The molecule has 0 amide bonds. The van der Waals surface area contributed by atoms with Gasteiger partial charge in [0.05, 0.1) is 0 Å². The molecule has 0 bridgehead atoms. The molecule has 2 nitrogen and oxygen atoms in total. The Kier molecular flexibility index (Phi) is 7.23. The van der Waals surface area contributed by atoms with Crippen molar-refractivity contribution >= 4 is 37.4 Å². The third-order valence-corrected chi connectivity index (χ3v) is 20.6. The molecule has 0 aliphatic rings. The maximum atomic E-state index is 13.9. The van der Waals surface area contributed by atoms with Gasteiger partial charge in [-0.25, -0.2) is 0 Å². The lowest BCUT2D eigenvalue weighted by atomic mass is 10.0. The van der Waals surface area contributed by atoms with Crippen molar-refractivity contribution in [2.45, 2.75) is 49.5 Å². The van der Waals surface area contributed by atoms with Gasteiger partial charge >= 0.3 is 23.9 Å². The van der Waals surface area contributed by atoms with Crippen LogP contribution in [0.1, 0.15) is 6.92 Å². The van der Waals surface area contributed by atoms with Gasteiger partial charge in [0.1, 0.15) is 20.2 Å². The Hall–Kier alpha value is 0.158. The molecule has 0 fully saturated rings. The Balaban J connectivity index is 5.84. The van der Waals surface area contributed by atoms with Crippen LogP contribution in [0.15, 0.2) is 0 Å². The number of hydrogen-bond acceptors (Lipinski definition) is 2. The van der Waals surface area contributed by atoms with E-state index < -0.39 is 56.4 Å². The van der Waals surface area contributed by atoms with Crippen LogP contribution in [0.2, 0.25) is 18.6 Å². The van der Waals surface area contributed by atoms with Gasteiger partial charge in [-0.15, -0.1) is 0 Å². The zero-order valence-electron chi connectivity index (χ0n) is 12.7. The average Bonchev–Trinajstić information content (AvgIpc) is 2.42. The summed E-state index contributed by atoms with van der Waals surface area (Å²) in [6.07, 6.45) is -6.80. The second kappa shape index (κ2) is 7.18. The van der Waals surface area contributed by atoms with Crippen molar-refractivity contribution < 1.29 is 47.7 Å². The van der Waals surface area contributed by atoms with Gasteiger partial charge in [0, 0.05) is 5.54 Å². The van der Waals surface area contributed by atoms with Crippen molar-refractivity contribution in [2.24, 2.45) is 0 Å². The highest BCUT2D eigenvalue weighted by Crippen LogP contribution is 2.57. The minimum absolute atomic E-state index is 0.144. The fraction of sp³-hybridized carbons (Fsp3) is 1.00. The molecule has 0 saturated heterocycles. The second-order valence-electron chi connectivity index (χ2n) is 5.15. The largest absolute Gasteiger partial charge is 0.465 e. The molecule has 0 heterocycles. The van der Waals surface area contributed by atoms with Crippen LogP contribution in [0, 0.1) is 0 Å². The van der Waals surface area contributed by atoms with Gasteiger partial charge in [-0.3, -0.25) is 0 Å². The molecule has 23 heavy (non-hydrogen) atoms. The molecule has 0 aliphatic carbocycles. The van der Waals surface area contributed by atoms with Crippen LogP contribution in [0.25, 0.3) is 0 Å². The van der Waals surface area contributed by atoms with Crippen LogP contribution in [-0.2, 0) is 8.23 Å². The minimum Gasteiger partial charge on any atom is -0.465 e. The lowest BCUT2D eigenvalue weighted by Gasteiger charge is -2.42. The molecule has 0 radical (unpaired) electrons. The van der Waals surface area contributed by atoms with Crippen molar-refractivity contribution in [2.75, 3.05) is 0 Å². The molecule has 2 unspecified atom stereocenters. The van der Waals surface area contributed by atoms with E-state index in [2.05, 4.69) is 0 Å². The van der Waals surface area contributed by atoms with Crippen LogP contribution < -0.4 is 0 Å². The molecule has 0 aromatic carbocycles. The monoisotopic (exact) mass is 428 g/mol. The SMILES string of the molecule is C[SiH2]O[SiH2][Si](C)(O[SiH3])C(C)C(F)(F)C(F)(F)C(F)(F)C(F)(F)F. The van der Waals surface area contributed by atoms with E-state index in [0.717, 1.165) is 6.55 Å². The van der Waals surface area contributed by atoms with E-state index in [9.17, 15) is 39.5 Å². The van der Waals surface area contributed by atoms with E-state index in [4.69, 9.17) is 8.23 Å². The summed E-state index contributed by atoms with van der Waals surface area (Å²) in [6, 6.07) is 0. The van der Waals surface area contributed by atoms with Crippen LogP contribution in [0.3, 0.4) is 0 Å². The van der Waals surface area contributed by atoms with E-state index >= 15 is 0 Å². The third kappa shape index (κ3) is 4.05. The lowest BCUT2D eigenvalue weighted by molar-refractivity contribution is -0.396. The molecule has 0 N–H and O–H groups in total. The number of halogens is 9. The minimum atomic E-state index is -6.86. The molecule has 15 heteroatoms. The van der Waals surface area contributed by atoms with Crippen LogP contribution in [0.5, 0.6) is 0 Å². The summed E-state index contributed by atoms with van der Waals surface area (Å²) < 4.78 is 127. The Labute approximate surface area is 135 Å². The zero-order valence-corrected chi connectivity index (χ0v) is 18.5. The van der Waals surface area contributed by atoms with Crippen molar-refractivity contribution in [3.05, 3.63) is 0 Å². The van der Waals surface area contributed by atoms with Crippen molar-refractivity contribution in [1.82, 2.24) is 0 Å². The Morgan fingerprint density at radius 1 is 0.957 bits per heavy atom. The van der Waals surface area contributed by atoms with Crippen molar-refractivity contribution in [3.63, 3.8) is 0 Å². The smallest absolute Gasteiger partial charge is 0.460 e. The Morgan fingerprint density at radius 3 is 1.70 bits per heavy atom. The summed E-state index contributed by atoms with van der Waals surface area (Å²) in [6.45, 7) is 3.28. The topological polar surface area (TPSA) is 18.5 Å². The summed E-state index contributed by atoms with van der Waals surface area (Å²) >= 11 is 0. The van der Waals surface area contributed by atoms with Gasteiger partial charge in [0.2, 0.25) is 0 Å². The fourth-order valence-corrected chi connectivity index (χ4v) is 15.3. The van der Waals surface area contributed by atoms with E-state index in [1.807, 2.05) is 0 Å². The molecule has 2 atom stereocenters. The molecule has 0 aromatic rings. The standard InChI is InChI=1S/C8H17F9O2Si4/c1-4(23(3,18-20)22-19-21-2)5(9,10)6(11,12)7(13,14)8(15,16)17/h4H,21-22H2,1-3,20H3. The van der Waals surface area contributed by atoms with Gasteiger partial charge in [0.15, 0.2) is 17.1 Å². The van der Waals surface area contributed by atoms with Crippen LogP contribution in [-0.4, -0.2) is 61.3 Å². The van der Waals surface area contributed by atoms with Crippen LogP contribution in [0.4, 0.5) is 39.5 Å². The maximum Gasteiger partial charge on any atom is 0.460 e. The first-order valence-corrected chi connectivity index (χ1v) is 14.6. The number of alkyl halides is 9. The summed E-state index contributed by atoms with van der Waals surface area (Å²) in [5, 5.41) is 0. The average molecular weight is 429 g/mol. The first-order valence-electron chi connectivity index (χ1n) is 6.36. The maximum absolute atomic E-state index is 13.9.